The number of nitrogens with zero attached hydrogens (tertiary/aromatic N) is 3. The Morgan fingerprint density at radius 3 is 2.68 bits per heavy atom. The van der Waals surface area contributed by atoms with Crippen LogP contribution < -0.4 is 5.32 Å². The molecule has 0 bridgehead atoms. The lowest BCUT2D eigenvalue weighted by atomic mass is 10.3. The number of anilines is 1. The summed E-state index contributed by atoms with van der Waals surface area (Å²) in [5.74, 6) is 1.78. The Bertz CT molecular complexity index is 568. The van der Waals surface area contributed by atoms with Gasteiger partial charge in [0.1, 0.15) is 16.6 Å². The smallest absolute Gasteiger partial charge is 0.143 e. The third-order valence-corrected chi connectivity index (χ3v) is 4.84. The molecule has 4 nitrogen and oxygen atoms in total. The van der Waals surface area contributed by atoms with Crippen LogP contribution in [0.4, 0.5) is 5.82 Å². The number of halogens is 1. The molecule has 2 rings (SSSR count). The first-order valence-electron chi connectivity index (χ1n) is 6.28. The molecule has 0 saturated heterocycles. The molecule has 2 aromatic heterocycles. The lowest BCUT2D eigenvalue weighted by molar-refractivity contribution is 0.903. The second kappa shape index (κ2) is 6.60. The Kier molecular flexibility index (Phi) is 5.09. The molecule has 102 valence electrons. The molecule has 0 aliphatic carbocycles. The first-order valence-corrected chi connectivity index (χ1v) is 8.24. The zero-order chi connectivity index (χ0) is 13.8. The lowest BCUT2D eigenvalue weighted by Gasteiger charge is -2.10. The highest BCUT2D eigenvalue weighted by atomic mass is 127. The molecule has 0 spiro atoms. The van der Waals surface area contributed by atoms with Crippen LogP contribution in [0.25, 0.3) is 0 Å². The van der Waals surface area contributed by atoms with E-state index in [2.05, 4.69) is 55.2 Å². The summed E-state index contributed by atoms with van der Waals surface area (Å²) < 4.78 is 1.10. The van der Waals surface area contributed by atoms with Gasteiger partial charge in [0, 0.05) is 17.6 Å². The third kappa shape index (κ3) is 3.85. The van der Waals surface area contributed by atoms with Crippen LogP contribution in [-0.4, -0.2) is 21.5 Å². The van der Waals surface area contributed by atoms with Crippen molar-refractivity contribution in [2.24, 2.45) is 0 Å². The average molecular weight is 388 g/mol. The highest BCUT2D eigenvalue weighted by molar-refractivity contribution is 14.1. The molecule has 0 amide bonds. The highest BCUT2D eigenvalue weighted by Crippen LogP contribution is 2.20. The number of hydrogen-bond acceptors (Lipinski definition) is 5. The predicted octanol–water partition coefficient (Wildman–Crippen LogP) is 3.57. The molecule has 1 N–H and O–H groups in total. The van der Waals surface area contributed by atoms with Crippen molar-refractivity contribution in [2.45, 2.75) is 33.6 Å². The van der Waals surface area contributed by atoms with Crippen LogP contribution in [0.15, 0.2) is 5.38 Å². The Labute approximate surface area is 131 Å². The van der Waals surface area contributed by atoms with E-state index in [0.717, 1.165) is 44.6 Å². The van der Waals surface area contributed by atoms with E-state index in [-0.39, 0.29) is 0 Å². The van der Waals surface area contributed by atoms with Crippen LogP contribution in [0.2, 0.25) is 0 Å². The molecule has 0 saturated carbocycles. The summed E-state index contributed by atoms with van der Waals surface area (Å²) in [6.45, 7) is 7.11. The molecule has 19 heavy (non-hydrogen) atoms. The van der Waals surface area contributed by atoms with E-state index in [4.69, 9.17) is 0 Å². The number of nitrogens with one attached hydrogen (secondary N) is 1. The van der Waals surface area contributed by atoms with Crippen molar-refractivity contribution in [3.63, 3.8) is 0 Å². The fraction of sp³-hybridized carbons (Fsp3) is 0.462. The van der Waals surface area contributed by atoms with Gasteiger partial charge in [0.15, 0.2) is 0 Å². The Morgan fingerprint density at radius 2 is 2.05 bits per heavy atom. The van der Waals surface area contributed by atoms with Crippen molar-refractivity contribution in [3.8, 4) is 0 Å². The minimum absolute atomic E-state index is 0.705. The van der Waals surface area contributed by atoms with Crippen LogP contribution in [0.5, 0.6) is 0 Å². The van der Waals surface area contributed by atoms with Gasteiger partial charge < -0.3 is 5.32 Å². The number of rotatable bonds is 5. The molecule has 6 heteroatoms. The SMILES string of the molecule is CCCNc1nc(Cc2nc(C)cs2)nc(C)c1I. The van der Waals surface area contributed by atoms with Crippen LogP contribution in [0, 0.1) is 17.4 Å². The summed E-state index contributed by atoms with van der Waals surface area (Å²) >= 11 is 3.96. The second-order valence-corrected chi connectivity index (χ2v) is 6.40. The fourth-order valence-electron chi connectivity index (χ4n) is 1.68. The standard InChI is InChI=1S/C13H17IN4S/c1-4-5-15-13-12(14)9(3)17-10(18-13)6-11-16-8(2)7-19-11/h7H,4-6H2,1-3H3,(H,15,17,18). The van der Waals surface area contributed by atoms with Gasteiger partial charge in [-0.25, -0.2) is 15.0 Å². The van der Waals surface area contributed by atoms with Gasteiger partial charge in [0.05, 0.1) is 15.7 Å². The average Bonchev–Trinajstić information content (AvgIpc) is 2.77. The molecule has 0 aliphatic rings. The molecule has 0 aromatic carbocycles. The van der Waals surface area contributed by atoms with E-state index >= 15 is 0 Å². The molecule has 0 atom stereocenters. The van der Waals surface area contributed by atoms with E-state index in [1.807, 2.05) is 13.8 Å². The number of aromatic nitrogens is 3. The van der Waals surface area contributed by atoms with Crippen LogP contribution in [0.1, 0.15) is 35.6 Å². The molecular formula is C13H17IN4S. The van der Waals surface area contributed by atoms with Crippen molar-refractivity contribution in [2.75, 3.05) is 11.9 Å². The molecule has 0 fully saturated rings. The van der Waals surface area contributed by atoms with Gasteiger partial charge in [-0.05, 0) is 42.9 Å². The second-order valence-electron chi connectivity index (χ2n) is 4.37. The fourth-order valence-corrected chi connectivity index (χ4v) is 2.88. The largest absolute Gasteiger partial charge is 0.369 e. The van der Waals surface area contributed by atoms with E-state index in [1.54, 1.807) is 11.3 Å². The Hall–Kier alpha value is -0.760. The van der Waals surface area contributed by atoms with Crippen LogP contribution in [0.3, 0.4) is 0 Å². The molecule has 0 aliphatic heterocycles. The maximum absolute atomic E-state index is 4.61. The summed E-state index contributed by atoms with van der Waals surface area (Å²) in [5, 5.41) is 6.49. The van der Waals surface area contributed by atoms with Gasteiger partial charge >= 0.3 is 0 Å². The maximum atomic E-state index is 4.61. The van der Waals surface area contributed by atoms with E-state index in [1.165, 1.54) is 0 Å². The quantitative estimate of drug-likeness (QED) is 0.796. The number of aryl methyl sites for hydroxylation is 2. The summed E-state index contributed by atoms with van der Waals surface area (Å²) in [4.78, 5) is 13.6. The van der Waals surface area contributed by atoms with Gasteiger partial charge in [-0.2, -0.15) is 0 Å². The van der Waals surface area contributed by atoms with E-state index in [0.29, 0.717) is 6.42 Å². The normalized spacial score (nSPS) is 10.7. The van der Waals surface area contributed by atoms with E-state index in [9.17, 15) is 0 Å². The van der Waals surface area contributed by atoms with Gasteiger partial charge in [-0.1, -0.05) is 6.92 Å². The molecule has 2 aromatic rings. The number of hydrogen-bond donors (Lipinski definition) is 1. The van der Waals surface area contributed by atoms with Crippen molar-refractivity contribution >= 4 is 39.7 Å². The zero-order valence-corrected chi connectivity index (χ0v) is 14.3. The minimum Gasteiger partial charge on any atom is -0.369 e. The summed E-state index contributed by atoms with van der Waals surface area (Å²) in [6, 6.07) is 0. The zero-order valence-electron chi connectivity index (χ0n) is 11.3. The van der Waals surface area contributed by atoms with Gasteiger partial charge in [0.2, 0.25) is 0 Å². The highest BCUT2D eigenvalue weighted by Gasteiger charge is 2.10. The van der Waals surface area contributed by atoms with Gasteiger partial charge in [-0.3, -0.25) is 0 Å². The van der Waals surface area contributed by atoms with Crippen molar-refractivity contribution < 1.29 is 0 Å². The summed E-state index contributed by atoms with van der Waals surface area (Å²) in [6.07, 6.45) is 1.79. The lowest BCUT2D eigenvalue weighted by Crippen LogP contribution is -2.09. The van der Waals surface area contributed by atoms with Gasteiger partial charge in [-0.15, -0.1) is 11.3 Å². The first kappa shape index (κ1) is 14.6. The van der Waals surface area contributed by atoms with Crippen molar-refractivity contribution in [1.82, 2.24) is 15.0 Å². The Morgan fingerprint density at radius 1 is 1.26 bits per heavy atom. The first-order chi connectivity index (χ1) is 9.10. The van der Waals surface area contributed by atoms with Crippen LogP contribution in [-0.2, 0) is 6.42 Å². The van der Waals surface area contributed by atoms with Crippen molar-refractivity contribution in [1.29, 1.82) is 0 Å². The minimum atomic E-state index is 0.705. The molecular weight excluding hydrogens is 371 g/mol. The van der Waals surface area contributed by atoms with Crippen LogP contribution >= 0.6 is 33.9 Å². The monoisotopic (exact) mass is 388 g/mol. The van der Waals surface area contributed by atoms with E-state index < -0.39 is 0 Å². The molecule has 0 unspecified atom stereocenters. The predicted molar refractivity (Wildman–Crippen MR) is 87.9 cm³/mol. The summed E-state index contributed by atoms with van der Waals surface area (Å²) in [5.41, 5.74) is 2.09. The third-order valence-electron chi connectivity index (χ3n) is 2.58. The number of thiazole rings is 1. The Balaban J connectivity index is 2.23. The summed E-state index contributed by atoms with van der Waals surface area (Å²) in [7, 11) is 0. The van der Waals surface area contributed by atoms with Gasteiger partial charge in [0.25, 0.3) is 0 Å². The molecule has 2 heterocycles. The van der Waals surface area contributed by atoms with Crippen molar-refractivity contribution in [3.05, 3.63) is 31.2 Å². The molecule has 0 radical (unpaired) electrons. The maximum Gasteiger partial charge on any atom is 0.143 e. The topological polar surface area (TPSA) is 50.7 Å².